The maximum absolute atomic E-state index is 11.7. The molecule has 1 amide bonds. The Hall–Kier alpha value is -0.610. The predicted molar refractivity (Wildman–Crippen MR) is 55.5 cm³/mol. The van der Waals surface area contributed by atoms with Gasteiger partial charge in [-0.15, -0.1) is 0 Å². The van der Waals surface area contributed by atoms with Crippen LogP contribution in [-0.2, 0) is 14.3 Å². The second-order valence-electron chi connectivity index (χ2n) is 5.10. The summed E-state index contributed by atoms with van der Waals surface area (Å²) in [6.07, 6.45) is 1.07. The number of nitrogens with one attached hydrogen (secondary N) is 1. The molecule has 0 radical (unpaired) electrons. The molecule has 0 aromatic carbocycles. The van der Waals surface area contributed by atoms with Gasteiger partial charge < -0.3 is 14.8 Å². The Morgan fingerprint density at radius 3 is 2.73 bits per heavy atom. The van der Waals surface area contributed by atoms with Crippen LogP contribution in [0, 0.1) is 11.3 Å². The van der Waals surface area contributed by atoms with Crippen molar-refractivity contribution in [2.45, 2.75) is 26.4 Å². The van der Waals surface area contributed by atoms with Gasteiger partial charge in [0.15, 0.2) is 0 Å². The molecule has 0 aromatic rings. The zero-order valence-corrected chi connectivity index (χ0v) is 9.41. The molecule has 2 unspecified atom stereocenters. The summed E-state index contributed by atoms with van der Waals surface area (Å²) in [5.74, 6) is 0.178. The number of carbonyl (C=O) groups excluding carboxylic acids is 1. The molecule has 0 aromatic heterocycles. The minimum atomic E-state index is 0.0459. The molecule has 2 fully saturated rings. The molecule has 0 saturated carbocycles. The summed E-state index contributed by atoms with van der Waals surface area (Å²) in [5, 5.41) is 2.99. The van der Waals surface area contributed by atoms with E-state index in [4.69, 9.17) is 9.47 Å². The van der Waals surface area contributed by atoms with Gasteiger partial charge in [0, 0.05) is 12.0 Å². The number of hydrogen-bond acceptors (Lipinski definition) is 3. The van der Waals surface area contributed by atoms with E-state index in [0.717, 1.165) is 26.2 Å². The van der Waals surface area contributed by atoms with E-state index in [1.54, 1.807) is 0 Å². The third-order valence-electron chi connectivity index (χ3n) is 3.16. The molecule has 15 heavy (non-hydrogen) atoms. The monoisotopic (exact) mass is 213 g/mol. The maximum atomic E-state index is 11.7. The van der Waals surface area contributed by atoms with Crippen molar-refractivity contribution in [2.75, 3.05) is 26.4 Å². The topological polar surface area (TPSA) is 47.6 Å². The molecular formula is C11H19NO3. The van der Waals surface area contributed by atoms with E-state index < -0.39 is 0 Å². The van der Waals surface area contributed by atoms with E-state index in [1.807, 2.05) is 6.92 Å². The second-order valence-corrected chi connectivity index (χ2v) is 5.10. The molecule has 1 N–H and O–H groups in total. The normalized spacial score (nSPS) is 33.5. The van der Waals surface area contributed by atoms with Gasteiger partial charge in [-0.05, 0) is 13.3 Å². The van der Waals surface area contributed by atoms with Crippen LogP contribution in [-0.4, -0.2) is 38.4 Å². The average Bonchev–Trinajstić information content (AvgIpc) is 2.58. The maximum Gasteiger partial charge on any atom is 0.225 e. The van der Waals surface area contributed by atoms with Crippen molar-refractivity contribution in [2.24, 2.45) is 11.3 Å². The Bertz CT molecular complexity index is 250. The van der Waals surface area contributed by atoms with Gasteiger partial charge in [0.05, 0.1) is 31.8 Å². The lowest BCUT2D eigenvalue weighted by atomic mass is 9.88. The summed E-state index contributed by atoms with van der Waals surface area (Å²) in [4.78, 5) is 11.7. The van der Waals surface area contributed by atoms with Gasteiger partial charge in [-0.25, -0.2) is 0 Å². The molecule has 0 spiro atoms. The van der Waals surface area contributed by atoms with Crippen molar-refractivity contribution in [1.29, 1.82) is 0 Å². The minimum Gasteiger partial charge on any atom is -0.380 e. The summed E-state index contributed by atoms with van der Waals surface area (Å²) in [6.45, 7) is 6.94. The van der Waals surface area contributed by atoms with Gasteiger partial charge >= 0.3 is 0 Å². The van der Waals surface area contributed by atoms with E-state index in [0.29, 0.717) is 6.61 Å². The Kier molecular flexibility index (Phi) is 2.98. The first-order chi connectivity index (χ1) is 7.09. The molecule has 4 heteroatoms. The fourth-order valence-corrected chi connectivity index (χ4v) is 2.00. The first kappa shape index (κ1) is 10.9. The average molecular weight is 213 g/mol. The van der Waals surface area contributed by atoms with Gasteiger partial charge in [0.2, 0.25) is 5.91 Å². The van der Waals surface area contributed by atoms with Gasteiger partial charge in [0.1, 0.15) is 0 Å². The highest BCUT2D eigenvalue weighted by atomic mass is 16.5. The molecule has 2 aliphatic rings. The van der Waals surface area contributed by atoms with Crippen LogP contribution in [0.5, 0.6) is 0 Å². The van der Waals surface area contributed by atoms with E-state index >= 15 is 0 Å². The van der Waals surface area contributed by atoms with Crippen molar-refractivity contribution >= 4 is 5.91 Å². The first-order valence-corrected chi connectivity index (χ1v) is 5.56. The summed E-state index contributed by atoms with van der Waals surface area (Å²) in [7, 11) is 0. The number of rotatable bonds is 3. The van der Waals surface area contributed by atoms with Crippen molar-refractivity contribution in [3.05, 3.63) is 0 Å². The molecule has 2 aliphatic heterocycles. The molecule has 0 aliphatic carbocycles. The van der Waals surface area contributed by atoms with Gasteiger partial charge in [-0.1, -0.05) is 6.92 Å². The minimum absolute atomic E-state index is 0.0459. The summed E-state index contributed by atoms with van der Waals surface area (Å²) in [5.41, 5.74) is 0.154. The van der Waals surface area contributed by atoms with Gasteiger partial charge in [0.25, 0.3) is 0 Å². The predicted octanol–water partition coefficient (Wildman–Crippen LogP) is 0.564. The lowest BCUT2D eigenvalue weighted by molar-refractivity contribution is -0.130. The van der Waals surface area contributed by atoms with E-state index in [1.165, 1.54) is 0 Å². The molecule has 2 rings (SSSR count). The van der Waals surface area contributed by atoms with Gasteiger partial charge in [-0.3, -0.25) is 4.79 Å². The highest BCUT2D eigenvalue weighted by Gasteiger charge is 2.35. The van der Waals surface area contributed by atoms with Crippen LogP contribution in [0.3, 0.4) is 0 Å². The zero-order valence-electron chi connectivity index (χ0n) is 9.41. The summed E-state index contributed by atoms with van der Waals surface area (Å²) < 4.78 is 10.5. The Balaban J connectivity index is 1.72. The highest BCUT2D eigenvalue weighted by Crippen LogP contribution is 2.25. The number of amides is 1. The molecule has 2 saturated heterocycles. The van der Waals surface area contributed by atoms with Crippen LogP contribution in [0.15, 0.2) is 0 Å². The van der Waals surface area contributed by atoms with E-state index in [2.05, 4.69) is 12.2 Å². The second kappa shape index (κ2) is 4.10. The van der Waals surface area contributed by atoms with Crippen LogP contribution in [0.25, 0.3) is 0 Å². The van der Waals surface area contributed by atoms with Crippen LogP contribution < -0.4 is 5.32 Å². The van der Waals surface area contributed by atoms with E-state index in [9.17, 15) is 4.79 Å². The third kappa shape index (κ3) is 2.49. The lowest BCUT2D eigenvalue weighted by Crippen LogP contribution is -2.49. The Morgan fingerprint density at radius 2 is 2.27 bits per heavy atom. The first-order valence-electron chi connectivity index (χ1n) is 5.56. The van der Waals surface area contributed by atoms with Crippen LogP contribution in [0.1, 0.15) is 20.3 Å². The fraction of sp³-hybridized carbons (Fsp3) is 0.909. The largest absolute Gasteiger partial charge is 0.380 e. The zero-order chi connectivity index (χ0) is 10.9. The third-order valence-corrected chi connectivity index (χ3v) is 3.16. The number of ether oxygens (including phenoxy) is 2. The molecular weight excluding hydrogens is 194 g/mol. The van der Waals surface area contributed by atoms with Crippen LogP contribution >= 0.6 is 0 Å². The van der Waals surface area contributed by atoms with Crippen molar-refractivity contribution in [3.63, 3.8) is 0 Å². The fourth-order valence-electron chi connectivity index (χ4n) is 2.00. The van der Waals surface area contributed by atoms with Crippen molar-refractivity contribution in [1.82, 2.24) is 5.32 Å². The molecule has 86 valence electrons. The van der Waals surface area contributed by atoms with E-state index in [-0.39, 0.29) is 23.3 Å². The lowest BCUT2D eigenvalue weighted by Gasteiger charge is -2.38. The molecule has 0 bridgehead atoms. The standard InChI is InChI=1S/C11H19NO3/c1-8-3-9(4-15-8)10(13)12-5-11(2)6-14-7-11/h8-9H,3-7H2,1-2H3,(H,12,13). The number of carbonyl (C=O) groups is 1. The number of hydrogen-bond donors (Lipinski definition) is 1. The molecule has 2 atom stereocenters. The SMILES string of the molecule is CC1CC(C(=O)NCC2(C)COC2)CO1. The Morgan fingerprint density at radius 1 is 1.53 bits per heavy atom. The van der Waals surface area contributed by atoms with Crippen LogP contribution in [0.4, 0.5) is 0 Å². The summed E-state index contributed by atoms with van der Waals surface area (Å²) in [6, 6.07) is 0. The van der Waals surface area contributed by atoms with Crippen molar-refractivity contribution in [3.8, 4) is 0 Å². The quantitative estimate of drug-likeness (QED) is 0.745. The summed E-state index contributed by atoms with van der Waals surface area (Å²) >= 11 is 0. The Labute approximate surface area is 90.3 Å². The highest BCUT2D eigenvalue weighted by molar-refractivity contribution is 5.79. The molecule has 2 heterocycles. The van der Waals surface area contributed by atoms with Crippen LogP contribution in [0.2, 0.25) is 0 Å². The van der Waals surface area contributed by atoms with Gasteiger partial charge in [-0.2, -0.15) is 0 Å². The molecule has 4 nitrogen and oxygen atoms in total. The smallest absolute Gasteiger partial charge is 0.225 e. The van der Waals surface area contributed by atoms with Crippen molar-refractivity contribution < 1.29 is 14.3 Å².